The number of carbonyl (C=O) groups is 1. The van der Waals surface area contributed by atoms with Crippen LogP contribution in [0, 0.1) is 0 Å². The summed E-state index contributed by atoms with van der Waals surface area (Å²) in [5, 5.41) is 4.02. The Balaban J connectivity index is 2.47. The minimum Gasteiger partial charge on any atom is -0.462 e. The third-order valence-corrected chi connectivity index (χ3v) is 4.23. The van der Waals surface area contributed by atoms with Crippen molar-refractivity contribution < 1.29 is 17.9 Å². The number of nitrogens with zero attached hydrogens (tertiary/aromatic N) is 2. The topological polar surface area (TPSA) is 90.3 Å². The Morgan fingerprint density at radius 3 is 2.76 bits per heavy atom. The second kappa shape index (κ2) is 6.06. The maximum Gasteiger partial charge on any atom is 0.341 e. The van der Waals surface area contributed by atoms with E-state index in [4.69, 9.17) is 4.74 Å². The highest BCUT2D eigenvalue weighted by Crippen LogP contribution is 2.19. The first-order valence-corrected chi connectivity index (χ1v) is 7.72. The average Bonchev–Trinajstić information content (AvgIpc) is 2.97. The quantitative estimate of drug-likeness (QED) is 0.831. The van der Waals surface area contributed by atoms with Gasteiger partial charge in [0.2, 0.25) is 10.0 Å². The fraction of sp³-hybridized carbons (Fsp3) is 0.231. The van der Waals surface area contributed by atoms with Gasteiger partial charge < -0.3 is 4.74 Å². The van der Waals surface area contributed by atoms with Crippen LogP contribution in [0.5, 0.6) is 0 Å². The summed E-state index contributed by atoms with van der Waals surface area (Å²) in [6, 6.07) is 6.37. The van der Waals surface area contributed by atoms with Gasteiger partial charge >= 0.3 is 5.97 Å². The SMILES string of the molecule is CCOC(=O)c1cnn(-c2ccccc2S(=O)(=O)NC)c1. The van der Waals surface area contributed by atoms with E-state index in [1.165, 1.54) is 30.2 Å². The molecule has 0 spiro atoms. The van der Waals surface area contributed by atoms with Crippen molar-refractivity contribution in [2.24, 2.45) is 0 Å². The summed E-state index contributed by atoms with van der Waals surface area (Å²) >= 11 is 0. The summed E-state index contributed by atoms with van der Waals surface area (Å²) in [6.45, 7) is 1.96. The van der Waals surface area contributed by atoms with Gasteiger partial charge in [0.25, 0.3) is 0 Å². The normalized spacial score (nSPS) is 11.3. The van der Waals surface area contributed by atoms with Crippen molar-refractivity contribution in [3.63, 3.8) is 0 Å². The van der Waals surface area contributed by atoms with Crippen molar-refractivity contribution in [1.82, 2.24) is 14.5 Å². The van der Waals surface area contributed by atoms with Crippen molar-refractivity contribution in [2.45, 2.75) is 11.8 Å². The largest absolute Gasteiger partial charge is 0.462 e. The predicted octanol–water partition coefficient (Wildman–Crippen LogP) is 0.957. The van der Waals surface area contributed by atoms with Crippen LogP contribution in [-0.4, -0.2) is 37.8 Å². The molecule has 7 nitrogen and oxygen atoms in total. The van der Waals surface area contributed by atoms with E-state index in [2.05, 4.69) is 9.82 Å². The molecule has 0 amide bonds. The van der Waals surface area contributed by atoms with E-state index >= 15 is 0 Å². The molecule has 0 aliphatic heterocycles. The zero-order chi connectivity index (χ0) is 15.5. The van der Waals surface area contributed by atoms with E-state index in [1.807, 2.05) is 0 Å². The molecule has 0 saturated carbocycles. The zero-order valence-corrected chi connectivity index (χ0v) is 12.4. The number of esters is 1. The first kappa shape index (κ1) is 15.2. The standard InChI is InChI=1S/C13H15N3O4S/c1-3-20-13(17)10-8-15-16(9-10)11-6-4-5-7-12(11)21(18,19)14-2/h4-9,14H,3H2,1-2H3. The molecule has 0 saturated heterocycles. The molecule has 2 aromatic rings. The van der Waals surface area contributed by atoms with Gasteiger partial charge in [0.15, 0.2) is 0 Å². The van der Waals surface area contributed by atoms with Crippen molar-refractivity contribution >= 4 is 16.0 Å². The minimum absolute atomic E-state index is 0.0750. The number of hydrogen-bond acceptors (Lipinski definition) is 5. The Morgan fingerprint density at radius 2 is 2.10 bits per heavy atom. The van der Waals surface area contributed by atoms with Gasteiger partial charge in [0.1, 0.15) is 4.90 Å². The lowest BCUT2D eigenvalue weighted by atomic mass is 10.3. The van der Waals surface area contributed by atoms with E-state index in [0.717, 1.165) is 0 Å². The second-order valence-electron chi connectivity index (χ2n) is 4.07. The van der Waals surface area contributed by atoms with Crippen LogP contribution in [0.15, 0.2) is 41.6 Å². The molecular formula is C13H15N3O4S. The van der Waals surface area contributed by atoms with Gasteiger partial charge in [-0.3, -0.25) is 0 Å². The average molecular weight is 309 g/mol. The third-order valence-electron chi connectivity index (χ3n) is 2.76. The molecule has 0 unspecified atom stereocenters. The predicted molar refractivity (Wildman–Crippen MR) is 75.8 cm³/mol. The first-order valence-electron chi connectivity index (χ1n) is 6.24. The van der Waals surface area contributed by atoms with E-state index in [0.29, 0.717) is 5.69 Å². The Labute approximate surface area is 122 Å². The first-order chi connectivity index (χ1) is 9.99. The second-order valence-corrected chi connectivity index (χ2v) is 5.92. The highest BCUT2D eigenvalue weighted by molar-refractivity contribution is 7.89. The van der Waals surface area contributed by atoms with Crippen LogP contribution < -0.4 is 4.72 Å². The van der Waals surface area contributed by atoms with Crippen molar-refractivity contribution in [2.75, 3.05) is 13.7 Å². The minimum atomic E-state index is -3.63. The smallest absolute Gasteiger partial charge is 0.341 e. The highest BCUT2D eigenvalue weighted by atomic mass is 32.2. The van der Waals surface area contributed by atoms with Gasteiger partial charge in [0, 0.05) is 6.20 Å². The monoisotopic (exact) mass is 309 g/mol. The summed E-state index contributed by atoms with van der Waals surface area (Å²) in [5.74, 6) is -0.502. The summed E-state index contributed by atoms with van der Waals surface area (Å²) in [5.41, 5.74) is 0.607. The van der Waals surface area contributed by atoms with Crippen LogP contribution in [0.4, 0.5) is 0 Å². The highest BCUT2D eigenvalue weighted by Gasteiger charge is 2.19. The molecule has 21 heavy (non-hydrogen) atoms. The van der Waals surface area contributed by atoms with Crippen LogP contribution >= 0.6 is 0 Å². The molecule has 0 aliphatic rings. The van der Waals surface area contributed by atoms with Gasteiger partial charge in [0.05, 0.1) is 24.1 Å². The number of benzene rings is 1. The van der Waals surface area contributed by atoms with Crippen LogP contribution in [0.1, 0.15) is 17.3 Å². The molecule has 1 aromatic carbocycles. The van der Waals surface area contributed by atoms with Crippen molar-refractivity contribution in [3.8, 4) is 5.69 Å². The van der Waals surface area contributed by atoms with E-state index < -0.39 is 16.0 Å². The number of aromatic nitrogens is 2. The molecule has 0 atom stereocenters. The summed E-state index contributed by atoms with van der Waals surface area (Å²) in [4.78, 5) is 11.7. The molecule has 0 bridgehead atoms. The lowest BCUT2D eigenvalue weighted by Crippen LogP contribution is -2.20. The maximum absolute atomic E-state index is 12.0. The van der Waals surface area contributed by atoms with Crippen LogP contribution in [-0.2, 0) is 14.8 Å². The zero-order valence-electron chi connectivity index (χ0n) is 11.6. The Hall–Kier alpha value is -2.19. The van der Waals surface area contributed by atoms with Crippen LogP contribution in [0.3, 0.4) is 0 Å². The Bertz CT molecular complexity index is 752. The van der Waals surface area contributed by atoms with Gasteiger partial charge in [-0.25, -0.2) is 22.6 Å². The number of rotatable bonds is 5. The number of ether oxygens (including phenoxy) is 1. The van der Waals surface area contributed by atoms with Gasteiger partial charge in [-0.1, -0.05) is 12.1 Å². The molecule has 0 radical (unpaired) electrons. The molecule has 1 heterocycles. The molecular weight excluding hydrogens is 294 g/mol. The molecule has 1 aromatic heterocycles. The van der Waals surface area contributed by atoms with E-state index in [-0.39, 0.29) is 17.1 Å². The Kier molecular flexibility index (Phi) is 4.39. The van der Waals surface area contributed by atoms with Gasteiger partial charge in [-0.05, 0) is 26.1 Å². The molecule has 2 rings (SSSR count). The number of nitrogens with one attached hydrogen (secondary N) is 1. The van der Waals surface area contributed by atoms with Gasteiger partial charge in [-0.15, -0.1) is 0 Å². The van der Waals surface area contributed by atoms with Crippen molar-refractivity contribution in [1.29, 1.82) is 0 Å². The fourth-order valence-corrected chi connectivity index (χ4v) is 2.67. The molecule has 0 fully saturated rings. The fourth-order valence-electron chi connectivity index (χ4n) is 1.76. The Morgan fingerprint density at radius 1 is 1.38 bits per heavy atom. The maximum atomic E-state index is 12.0. The summed E-state index contributed by atoms with van der Waals surface area (Å²) in [6.07, 6.45) is 2.77. The number of hydrogen-bond donors (Lipinski definition) is 1. The van der Waals surface area contributed by atoms with Crippen LogP contribution in [0.25, 0.3) is 5.69 Å². The lowest BCUT2D eigenvalue weighted by molar-refractivity contribution is 0.0526. The molecule has 8 heteroatoms. The van der Waals surface area contributed by atoms with E-state index in [9.17, 15) is 13.2 Å². The van der Waals surface area contributed by atoms with Gasteiger partial charge in [-0.2, -0.15) is 5.10 Å². The summed E-state index contributed by atoms with van der Waals surface area (Å²) < 4.78 is 32.4. The molecule has 112 valence electrons. The molecule has 1 N–H and O–H groups in total. The van der Waals surface area contributed by atoms with E-state index in [1.54, 1.807) is 25.1 Å². The lowest BCUT2D eigenvalue weighted by Gasteiger charge is -2.09. The molecule has 0 aliphatic carbocycles. The third kappa shape index (κ3) is 3.11. The number of carbonyl (C=O) groups excluding carboxylic acids is 1. The summed E-state index contributed by atoms with van der Waals surface area (Å²) in [7, 11) is -2.29. The van der Waals surface area contributed by atoms with Crippen LogP contribution in [0.2, 0.25) is 0 Å². The number of sulfonamides is 1. The van der Waals surface area contributed by atoms with Crippen molar-refractivity contribution in [3.05, 3.63) is 42.2 Å². The number of para-hydroxylation sites is 1.